The van der Waals surface area contributed by atoms with Crippen LogP contribution < -0.4 is 5.32 Å². The number of amides is 1. The van der Waals surface area contributed by atoms with Gasteiger partial charge in [-0.3, -0.25) is 4.84 Å². The van der Waals surface area contributed by atoms with E-state index in [1.54, 1.807) is 24.1 Å². The molecule has 5 heteroatoms. The third-order valence-corrected chi connectivity index (χ3v) is 2.57. The lowest BCUT2D eigenvalue weighted by atomic mass is 10.2. The average molecular weight is 216 g/mol. The van der Waals surface area contributed by atoms with E-state index in [4.69, 9.17) is 0 Å². The second kappa shape index (κ2) is 6.48. The molecule has 0 aliphatic rings. The molecule has 14 heavy (non-hydrogen) atoms. The molecule has 0 aliphatic heterocycles. The molecule has 0 fully saturated rings. The normalized spacial score (nSPS) is 11.4. The van der Waals surface area contributed by atoms with Crippen molar-refractivity contribution in [2.45, 2.75) is 18.6 Å². The molecule has 0 aliphatic carbocycles. The first-order chi connectivity index (χ1) is 6.52. The Morgan fingerprint density at radius 2 is 2.36 bits per heavy atom. The lowest BCUT2D eigenvalue weighted by Crippen LogP contribution is -2.23. The zero-order chi connectivity index (χ0) is 11.0. The Hall–Kier alpha value is -0.970. The summed E-state index contributed by atoms with van der Waals surface area (Å²) in [5.41, 5.74) is 0. The van der Waals surface area contributed by atoms with Gasteiger partial charge >= 0.3 is 6.09 Å². The van der Waals surface area contributed by atoms with Gasteiger partial charge in [0, 0.05) is 11.3 Å². The van der Waals surface area contributed by atoms with Crippen LogP contribution >= 0.6 is 11.8 Å². The van der Waals surface area contributed by atoms with Gasteiger partial charge in [-0.2, -0.15) is 11.8 Å². The fraction of sp³-hybridized carbons (Fsp3) is 0.556. The Morgan fingerprint density at radius 1 is 1.71 bits per heavy atom. The van der Waals surface area contributed by atoms with Crippen molar-refractivity contribution in [3.8, 4) is 0 Å². The monoisotopic (exact) mass is 216 g/mol. The molecule has 0 heterocycles. The predicted molar refractivity (Wildman–Crippen MR) is 60.8 cm³/mol. The lowest BCUT2D eigenvalue weighted by Gasteiger charge is -2.13. The second-order valence-corrected chi connectivity index (χ2v) is 4.55. The Bertz CT molecular complexity index is 227. The number of nitrogens with one attached hydrogen (secondary N) is 1. The van der Waals surface area contributed by atoms with Gasteiger partial charge in [-0.05, 0) is 20.1 Å². The number of rotatable bonds is 5. The third-order valence-electron chi connectivity index (χ3n) is 1.42. The molecule has 0 atom stereocenters. The number of carbonyl (C=O) groups excluding carboxylic acids is 1. The fourth-order valence-electron chi connectivity index (χ4n) is 0.442. The van der Waals surface area contributed by atoms with Crippen LogP contribution in [-0.4, -0.2) is 29.9 Å². The van der Waals surface area contributed by atoms with Crippen molar-refractivity contribution in [1.29, 1.82) is 0 Å². The first-order valence-corrected chi connectivity index (χ1v) is 5.39. The maximum atomic E-state index is 10.9. The molecule has 4 nitrogen and oxygen atoms in total. The van der Waals surface area contributed by atoms with E-state index >= 15 is 0 Å². The Kier molecular flexibility index (Phi) is 6.03. The van der Waals surface area contributed by atoms with E-state index in [1.165, 1.54) is 0 Å². The SMILES string of the molecule is C=CCNC(=O)ON=CC(C)(C)SC. The smallest absolute Gasteiger partial charge is 0.316 e. The van der Waals surface area contributed by atoms with Crippen LogP contribution in [0.1, 0.15) is 13.8 Å². The largest absolute Gasteiger partial charge is 0.433 e. The van der Waals surface area contributed by atoms with E-state index in [9.17, 15) is 4.79 Å². The maximum absolute atomic E-state index is 10.9. The minimum Gasteiger partial charge on any atom is -0.316 e. The molecule has 80 valence electrons. The van der Waals surface area contributed by atoms with Crippen molar-refractivity contribution in [3.63, 3.8) is 0 Å². The number of thioether (sulfide) groups is 1. The van der Waals surface area contributed by atoms with Gasteiger partial charge in [0.05, 0.1) is 6.21 Å². The molecular formula is C9H16N2O2S. The molecule has 0 unspecified atom stereocenters. The van der Waals surface area contributed by atoms with Gasteiger partial charge in [0.1, 0.15) is 0 Å². The fourth-order valence-corrected chi connectivity index (χ4v) is 0.590. The van der Waals surface area contributed by atoms with Crippen LogP contribution in [0, 0.1) is 0 Å². The molecular weight excluding hydrogens is 200 g/mol. The van der Waals surface area contributed by atoms with Gasteiger partial charge in [0.15, 0.2) is 0 Å². The molecule has 1 amide bonds. The van der Waals surface area contributed by atoms with E-state index in [2.05, 4.69) is 21.9 Å². The third kappa shape index (κ3) is 6.54. The number of oxime groups is 1. The van der Waals surface area contributed by atoms with Crippen molar-refractivity contribution < 1.29 is 9.63 Å². The number of hydrogen-bond acceptors (Lipinski definition) is 4. The molecule has 0 saturated heterocycles. The van der Waals surface area contributed by atoms with Crippen LogP contribution in [0.15, 0.2) is 17.8 Å². The number of nitrogens with zero attached hydrogens (tertiary/aromatic N) is 1. The van der Waals surface area contributed by atoms with Crippen molar-refractivity contribution >= 4 is 24.1 Å². The summed E-state index contributed by atoms with van der Waals surface area (Å²) in [6.45, 7) is 7.79. The summed E-state index contributed by atoms with van der Waals surface area (Å²) in [4.78, 5) is 15.4. The van der Waals surface area contributed by atoms with Gasteiger partial charge in [-0.25, -0.2) is 4.79 Å². The highest BCUT2D eigenvalue weighted by atomic mass is 32.2. The molecule has 0 aromatic carbocycles. The van der Waals surface area contributed by atoms with Crippen LogP contribution in [0.3, 0.4) is 0 Å². The molecule has 1 N–H and O–H groups in total. The van der Waals surface area contributed by atoms with Crippen LogP contribution in [0.5, 0.6) is 0 Å². The van der Waals surface area contributed by atoms with Crippen molar-refractivity contribution in [1.82, 2.24) is 5.32 Å². The minimum atomic E-state index is -0.571. The van der Waals surface area contributed by atoms with Gasteiger partial charge in [0.25, 0.3) is 0 Å². The topological polar surface area (TPSA) is 50.7 Å². The van der Waals surface area contributed by atoms with Crippen LogP contribution in [0.2, 0.25) is 0 Å². The first-order valence-electron chi connectivity index (χ1n) is 4.17. The van der Waals surface area contributed by atoms with Gasteiger partial charge in [0.2, 0.25) is 0 Å². The van der Waals surface area contributed by atoms with Crippen LogP contribution in [-0.2, 0) is 4.84 Å². The molecule has 0 spiro atoms. The minimum absolute atomic E-state index is 0.126. The summed E-state index contributed by atoms with van der Waals surface area (Å²) in [5, 5.41) is 6.01. The second-order valence-electron chi connectivity index (χ2n) is 3.09. The summed E-state index contributed by atoms with van der Waals surface area (Å²) in [5.74, 6) is 0. The Labute approximate surface area is 88.8 Å². The first kappa shape index (κ1) is 13.0. The summed E-state index contributed by atoms with van der Waals surface area (Å²) < 4.78 is -0.126. The zero-order valence-electron chi connectivity index (χ0n) is 8.74. The maximum Gasteiger partial charge on any atom is 0.433 e. The van der Waals surface area contributed by atoms with E-state index < -0.39 is 6.09 Å². The van der Waals surface area contributed by atoms with Gasteiger partial charge in [-0.1, -0.05) is 11.2 Å². The average Bonchev–Trinajstić information content (AvgIpc) is 2.14. The van der Waals surface area contributed by atoms with Gasteiger partial charge < -0.3 is 5.32 Å². The number of hydrogen-bond donors (Lipinski definition) is 1. The van der Waals surface area contributed by atoms with Crippen molar-refractivity contribution in [2.75, 3.05) is 12.8 Å². The summed E-state index contributed by atoms with van der Waals surface area (Å²) in [6, 6.07) is 0. The number of carbonyl (C=O) groups is 1. The van der Waals surface area contributed by atoms with E-state index in [1.807, 2.05) is 20.1 Å². The summed E-state index contributed by atoms with van der Waals surface area (Å²) in [7, 11) is 0. The standard InChI is InChI=1S/C9H16N2O2S/c1-5-6-10-8(12)13-11-7-9(2,3)14-4/h5,7H,1,6H2,2-4H3,(H,10,12). The molecule has 0 radical (unpaired) electrons. The quantitative estimate of drug-likeness (QED) is 0.331. The summed E-state index contributed by atoms with van der Waals surface area (Å²) in [6.07, 6.45) is 4.55. The Morgan fingerprint density at radius 3 is 2.86 bits per heavy atom. The highest BCUT2D eigenvalue weighted by Gasteiger charge is 2.12. The highest BCUT2D eigenvalue weighted by molar-refractivity contribution is 8.00. The van der Waals surface area contributed by atoms with E-state index in [0.29, 0.717) is 6.54 Å². The Balaban J connectivity index is 3.81. The predicted octanol–water partition coefficient (Wildman–Crippen LogP) is 2.03. The van der Waals surface area contributed by atoms with E-state index in [0.717, 1.165) is 0 Å². The molecule has 0 aromatic heterocycles. The highest BCUT2D eigenvalue weighted by Crippen LogP contribution is 2.17. The van der Waals surface area contributed by atoms with Crippen molar-refractivity contribution in [2.24, 2.45) is 5.16 Å². The van der Waals surface area contributed by atoms with Gasteiger partial charge in [-0.15, -0.1) is 6.58 Å². The van der Waals surface area contributed by atoms with Crippen molar-refractivity contribution in [3.05, 3.63) is 12.7 Å². The zero-order valence-corrected chi connectivity index (χ0v) is 9.56. The molecule has 0 aromatic rings. The molecule has 0 saturated carbocycles. The van der Waals surface area contributed by atoms with Crippen LogP contribution in [0.25, 0.3) is 0 Å². The molecule has 0 bridgehead atoms. The van der Waals surface area contributed by atoms with E-state index in [-0.39, 0.29) is 4.75 Å². The molecule has 0 rings (SSSR count). The summed E-state index contributed by atoms with van der Waals surface area (Å²) >= 11 is 1.62. The van der Waals surface area contributed by atoms with Crippen LogP contribution in [0.4, 0.5) is 4.79 Å². The lowest BCUT2D eigenvalue weighted by molar-refractivity contribution is 0.152.